The molecular weight excluding hydrogens is 220 g/mol. The summed E-state index contributed by atoms with van der Waals surface area (Å²) in [6.45, 7) is 3.54. The number of nitrogens with one attached hydrogen (secondary N) is 2. The smallest absolute Gasteiger partial charge is 0.329 e. The molecule has 0 saturated carbocycles. The van der Waals surface area contributed by atoms with Crippen molar-refractivity contribution in [3.63, 3.8) is 0 Å². The molecule has 0 bridgehead atoms. The number of rotatable bonds is 3. The quantitative estimate of drug-likeness (QED) is 0.440. The summed E-state index contributed by atoms with van der Waals surface area (Å²) in [7, 11) is 0. The van der Waals surface area contributed by atoms with Crippen LogP contribution in [-0.4, -0.2) is 29.1 Å². The number of nitrogens with zero attached hydrogens (tertiary/aromatic N) is 2. The monoisotopic (exact) mass is 234 g/mol. The maximum atomic E-state index is 11.2. The van der Waals surface area contributed by atoms with E-state index in [1.165, 1.54) is 6.21 Å². The maximum Gasteiger partial charge on any atom is 0.329 e. The molecule has 0 aliphatic heterocycles. The number of hydrazone groups is 1. The molecule has 2 N–H and O–H groups in total. The van der Waals surface area contributed by atoms with Crippen molar-refractivity contribution in [1.82, 2.24) is 15.7 Å². The third-order valence-electron chi connectivity index (χ3n) is 1.71. The molecule has 0 fully saturated rings. The molecule has 1 heterocycles. The molecule has 2 amide bonds. The van der Waals surface area contributed by atoms with E-state index in [2.05, 4.69) is 20.8 Å². The Hall–Kier alpha value is -2.24. The summed E-state index contributed by atoms with van der Waals surface area (Å²) in [5.74, 6) is -1.49. The normalized spacial score (nSPS) is 10.5. The van der Waals surface area contributed by atoms with Crippen molar-refractivity contribution >= 4 is 18.0 Å². The third-order valence-corrected chi connectivity index (χ3v) is 1.71. The van der Waals surface area contributed by atoms with Crippen molar-refractivity contribution in [3.05, 3.63) is 30.1 Å². The van der Waals surface area contributed by atoms with Crippen molar-refractivity contribution in [2.45, 2.75) is 19.9 Å². The summed E-state index contributed by atoms with van der Waals surface area (Å²) >= 11 is 0. The van der Waals surface area contributed by atoms with Gasteiger partial charge in [-0.15, -0.1) is 0 Å². The zero-order valence-corrected chi connectivity index (χ0v) is 9.68. The first-order chi connectivity index (χ1) is 8.09. The van der Waals surface area contributed by atoms with Crippen LogP contribution >= 0.6 is 0 Å². The fourth-order valence-corrected chi connectivity index (χ4v) is 0.993. The van der Waals surface area contributed by atoms with Crippen LogP contribution in [0.5, 0.6) is 0 Å². The fraction of sp³-hybridized carbons (Fsp3) is 0.273. The number of amides is 2. The summed E-state index contributed by atoms with van der Waals surface area (Å²) < 4.78 is 0. The Balaban J connectivity index is 2.43. The molecule has 6 nitrogen and oxygen atoms in total. The Kier molecular flexibility index (Phi) is 4.80. The minimum Gasteiger partial charge on any atom is -0.346 e. The SMILES string of the molecule is CC(C)NC(=O)C(=O)N/N=C\c1ccncc1. The molecule has 0 aliphatic rings. The number of aromatic nitrogens is 1. The summed E-state index contributed by atoms with van der Waals surface area (Å²) in [6, 6.07) is 3.37. The zero-order valence-electron chi connectivity index (χ0n) is 9.68. The van der Waals surface area contributed by atoms with Crippen molar-refractivity contribution < 1.29 is 9.59 Å². The van der Waals surface area contributed by atoms with Crippen molar-refractivity contribution in [2.24, 2.45) is 5.10 Å². The van der Waals surface area contributed by atoms with E-state index in [0.29, 0.717) is 0 Å². The second-order valence-corrected chi connectivity index (χ2v) is 3.61. The molecule has 1 aromatic heterocycles. The molecule has 0 radical (unpaired) electrons. The molecule has 0 unspecified atom stereocenters. The van der Waals surface area contributed by atoms with Gasteiger partial charge < -0.3 is 5.32 Å². The van der Waals surface area contributed by atoms with Gasteiger partial charge in [-0.3, -0.25) is 14.6 Å². The van der Waals surface area contributed by atoms with Crippen LogP contribution in [0.4, 0.5) is 0 Å². The highest BCUT2D eigenvalue weighted by molar-refractivity contribution is 6.35. The summed E-state index contributed by atoms with van der Waals surface area (Å²) in [6.07, 6.45) is 4.64. The van der Waals surface area contributed by atoms with E-state index >= 15 is 0 Å². The van der Waals surface area contributed by atoms with E-state index in [9.17, 15) is 9.59 Å². The lowest BCUT2D eigenvalue weighted by Crippen LogP contribution is -2.41. The number of hydrogen-bond donors (Lipinski definition) is 2. The number of carbonyl (C=O) groups excluding carboxylic acids is 2. The minimum atomic E-state index is -0.788. The first kappa shape index (κ1) is 12.8. The van der Waals surface area contributed by atoms with Gasteiger partial charge in [-0.25, -0.2) is 5.43 Å². The molecule has 1 rings (SSSR count). The third kappa shape index (κ3) is 4.87. The zero-order chi connectivity index (χ0) is 12.7. The molecule has 0 atom stereocenters. The Morgan fingerprint density at radius 1 is 1.29 bits per heavy atom. The Morgan fingerprint density at radius 2 is 1.94 bits per heavy atom. The van der Waals surface area contributed by atoms with Crippen molar-refractivity contribution in [2.75, 3.05) is 0 Å². The van der Waals surface area contributed by atoms with Gasteiger partial charge in [0, 0.05) is 18.4 Å². The fourth-order valence-electron chi connectivity index (χ4n) is 0.993. The van der Waals surface area contributed by atoms with Crippen molar-refractivity contribution in [1.29, 1.82) is 0 Å². The van der Waals surface area contributed by atoms with Gasteiger partial charge in [0.2, 0.25) is 0 Å². The van der Waals surface area contributed by atoms with Crippen LogP contribution in [0, 0.1) is 0 Å². The Labute approximate surface area is 99.1 Å². The van der Waals surface area contributed by atoms with Gasteiger partial charge in [0.1, 0.15) is 0 Å². The lowest BCUT2D eigenvalue weighted by molar-refractivity contribution is -0.139. The average Bonchev–Trinajstić information content (AvgIpc) is 2.29. The van der Waals surface area contributed by atoms with Gasteiger partial charge in [0.25, 0.3) is 0 Å². The Morgan fingerprint density at radius 3 is 2.53 bits per heavy atom. The first-order valence-corrected chi connectivity index (χ1v) is 5.13. The number of carbonyl (C=O) groups is 2. The van der Waals surface area contributed by atoms with Crippen LogP contribution < -0.4 is 10.7 Å². The summed E-state index contributed by atoms with van der Waals surface area (Å²) in [4.78, 5) is 26.2. The average molecular weight is 234 g/mol. The standard InChI is InChI=1S/C11H14N4O2/c1-8(2)14-10(16)11(17)15-13-7-9-3-5-12-6-4-9/h3-8H,1-2H3,(H,14,16)(H,15,17)/b13-7-. The molecule has 0 saturated heterocycles. The lowest BCUT2D eigenvalue weighted by atomic mass is 10.3. The van der Waals surface area contributed by atoms with Crippen LogP contribution in [0.15, 0.2) is 29.6 Å². The van der Waals surface area contributed by atoms with Crippen molar-refractivity contribution in [3.8, 4) is 0 Å². The van der Waals surface area contributed by atoms with E-state index in [0.717, 1.165) is 5.56 Å². The first-order valence-electron chi connectivity index (χ1n) is 5.13. The molecular formula is C11H14N4O2. The molecule has 6 heteroatoms. The number of pyridine rings is 1. The molecule has 90 valence electrons. The highest BCUT2D eigenvalue weighted by atomic mass is 16.2. The van der Waals surface area contributed by atoms with E-state index in [-0.39, 0.29) is 6.04 Å². The molecule has 0 aliphatic carbocycles. The summed E-state index contributed by atoms with van der Waals surface area (Å²) in [5.41, 5.74) is 2.92. The molecule has 17 heavy (non-hydrogen) atoms. The van der Waals surface area contributed by atoms with Crippen LogP contribution in [0.25, 0.3) is 0 Å². The minimum absolute atomic E-state index is 0.0857. The van der Waals surface area contributed by atoms with Gasteiger partial charge >= 0.3 is 11.8 Å². The van der Waals surface area contributed by atoms with E-state index in [4.69, 9.17) is 0 Å². The molecule has 0 aromatic carbocycles. The second-order valence-electron chi connectivity index (χ2n) is 3.61. The predicted molar refractivity (Wildman–Crippen MR) is 63.3 cm³/mol. The van der Waals surface area contributed by atoms with E-state index in [1.54, 1.807) is 38.4 Å². The summed E-state index contributed by atoms with van der Waals surface area (Å²) in [5, 5.41) is 6.11. The highest BCUT2D eigenvalue weighted by Crippen LogP contribution is 1.90. The Bertz CT molecular complexity index is 415. The largest absolute Gasteiger partial charge is 0.346 e. The van der Waals surface area contributed by atoms with Gasteiger partial charge in [-0.1, -0.05) is 0 Å². The van der Waals surface area contributed by atoms with E-state index < -0.39 is 11.8 Å². The topological polar surface area (TPSA) is 83.5 Å². The van der Waals surface area contributed by atoms with Crippen LogP contribution in [-0.2, 0) is 9.59 Å². The van der Waals surface area contributed by atoms with Gasteiger partial charge in [-0.05, 0) is 31.5 Å². The lowest BCUT2D eigenvalue weighted by Gasteiger charge is -2.05. The number of hydrogen-bond acceptors (Lipinski definition) is 4. The van der Waals surface area contributed by atoms with Crippen LogP contribution in [0.1, 0.15) is 19.4 Å². The van der Waals surface area contributed by atoms with Crippen LogP contribution in [0.3, 0.4) is 0 Å². The molecule has 1 aromatic rings. The highest BCUT2D eigenvalue weighted by Gasteiger charge is 2.12. The maximum absolute atomic E-state index is 11.2. The van der Waals surface area contributed by atoms with Gasteiger partial charge in [0.05, 0.1) is 6.21 Å². The second kappa shape index (κ2) is 6.37. The van der Waals surface area contributed by atoms with Crippen LogP contribution in [0.2, 0.25) is 0 Å². The predicted octanol–water partition coefficient (Wildman–Crippen LogP) is 0.0563. The van der Waals surface area contributed by atoms with Gasteiger partial charge in [-0.2, -0.15) is 5.10 Å². The van der Waals surface area contributed by atoms with Gasteiger partial charge in [0.15, 0.2) is 0 Å². The van der Waals surface area contributed by atoms with E-state index in [1.807, 2.05) is 0 Å². The molecule has 0 spiro atoms.